The van der Waals surface area contributed by atoms with E-state index in [1.807, 2.05) is 6.08 Å². The average Bonchev–Trinajstić information content (AvgIpc) is 2.57. The molecule has 2 aliphatic rings. The molecule has 0 saturated carbocycles. The number of ether oxygens (including phenoxy) is 2. The Morgan fingerprint density at radius 2 is 2.43 bits per heavy atom. The number of rotatable bonds is 2. The third kappa shape index (κ3) is 1.16. The van der Waals surface area contributed by atoms with Crippen molar-refractivity contribution in [2.75, 3.05) is 13.7 Å². The molecule has 14 heavy (non-hydrogen) atoms. The van der Waals surface area contributed by atoms with E-state index in [9.17, 15) is 10.1 Å². The number of nitrogens with zero attached hydrogens (tertiary/aromatic N) is 1. The third-order valence-electron chi connectivity index (χ3n) is 2.99. The first-order valence-corrected chi connectivity index (χ1v) is 4.71. The van der Waals surface area contributed by atoms with Gasteiger partial charge in [0.05, 0.1) is 6.61 Å². The summed E-state index contributed by atoms with van der Waals surface area (Å²) in [4.78, 5) is 10.5. The quantitative estimate of drug-likeness (QED) is 0.377. The molecule has 2 rings (SSSR count). The molecule has 0 N–H and O–H groups in total. The van der Waals surface area contributed by atoms with Gasteiger partial charge >= 0.3 is 0 Å². The Hall–Kier alpha value is -0.940. The van der Waals surface area contributed by atoms with Crippen molar-refractivity contribution in [2.24, 2.45) is 5.92 Å². The molecule has 0 radical (unpaired) electrons. The summed E-state index contributed by atoms with van der Waals surface area (Å²) in [7, 11) is 1.47. The molecular formula is C9H13NO4. The van der Waals surface area contributed by atoms with Crippen LogP contribution in [0.5, 0.6) is 0 Å². The normalized spacial score (nSPS) is 40.9. The number of fused-ring (bicyclic) bond motifs is 1. The summed E-state index contributed by atoms with van der Waals surface area (Å²) < 4.78 is 10.7. The standard InChI is InChI=1S/C9H13NO4/c1-13-9-7(3-2-6-14-9)4-5-8(9)10(11)12/h4-5,7-8H,2-3,6H2,1H3/t7-,8-,9-/m0/s1. The van der Waals surface area contributed by atoms with Crippen molar-refractivity contribution >= 4 is 0 Å². The molecule has 0 amide bonds. The first kappa shape index (κ1) is 9.61. The summed E-state index contributed by atoms with van der Waals surface area (Å²) in [6.07, 6.45) is 5.26. The molecule has 5 nitrogen and oxygen atoms in total. The van der Waals surface area contributed by atoms with Crippen LogP contribution in [0.3, 0.4) is 0 Å². The topological polar surface area (TPSA) is 61.6 Å². The molecule has 0 bridgehead atoms. The fourth-order valence-corrected chi connectivity index (χ4v) is 2.30. The van der Waals surface area contributed by atoms with E-state index in [4.69, 9.17) is 9.47 Å². The van der Waals surface area contributed by atoms with Gasteiger partial charge in [-0.1, -0.05) is 6.08 Å². The Morgan fingerprint density at radius 1 is 1.64 bits per heavy atom. The van der Waals surface area contributed by atoms with Crippen LogP contribution in [-0.2, 0) is 9.47 Å². The molecule has 78 valence electrons. The fraction of sp³-hybridized carbons (Fsp3) is 0.778. The molecular weight excluding hydrogens is 186 g/mol. The number of hydrogen-bond donors (Lipinski definition) is 0. The maximum atomic E-state index is 10.8. The lowest BCUT2D eigenvalue weighted by Crippen LogP contribution is -2.53. The molecule has 1 heterocycles. The molecule has 0 unspecified atom stereocenters. The third-order valence-corrected chi connectivity index (χ3v) is 2.99. The smallest absolute Gasteiger partial charge is 0.284 e. The predicted molar refractivity (Wildman–Crippen MR) is 48.3 cm³/mol. The highest BCUT2D eigenvalue weighted by molar-refractivity contribution is 5.14. The summed E-state index contributed by atoms with van der Waals surface area (Å²) in [5, 5.41) is 10.8. The zero-order chi connectivity index (χ0) is 10.2. The lowest BCUT2D eigenvalue weighted by Gasteiger charge is -2.37. The minimum absolute atomic E-state index is 0.0247. The van der Waals surface area contributed by atoms with Gasteiger partial charge in [-0.25, -0.2) is 0 Å². The van der Waals surface area contributed by atoms with E-state index in [1.54, 1.807) is 6.08 Å². The zero-order valence-corrected chi connectivity index (χ0v) is 8.01. The SMILES string of the molecule is CO[C@]12OCCC[C@H]1C=C[C@@H]2[N+](=O)[O-]. The lowest BCUT2D eigenvalue weighted by atomic mass is 9.92. The fourth-order valence-electron chi connectivity index (χ4n) is 2.30. The largest absolute Gasteiger partial charge is 0.347 e. The van der Waals surface area contributed by atoms with Crippen LogP contribution in [0.1, 0.15) is 12.8 Å². The first-order chi connectivity index (χ1) is 6.70. The van der Waals surface area contributed by atoms with Crippen molar-refractivity contribution in [2.45, 2.75) is 24.7 Å². The molecule has 1 saturated heterocycles. The van der Waals surface area contributed by atoms with Crippen LogP contribution in [0.4, 0.5) is 0 Å². The van der Waals surface area contributed by atoms with Crippen molar-refractivity contribution in [3.05, 3.63) is 22.3 Å². The van der Waals surface area contributed by atoms with Crippen LogP contribution in [0.2, 0.25) is 0 Å². The van der Waals surface area contributed by atoms with Crippen molar-refractivity contribution in [3.8, 4) is 0 Å². The summed E-state index contributed by atoms with van der Waals surface area (Å²) in [5.41, 5.74) is 0. The maximum Gasteiger partial charge on any atom is 0.284 e. The van der Waals surface area contributed by atoms with Crippen LogP contribution in [-0.4, -0.2) is 30.5 Å². The van der Waals surface area contributed by atoms with E-state index in [0.717, 1.165) is 12.8 Å². The second-order valence-corrected chi connectivity index (χ2v) is 3.64. The summed E-state index contributed by atoms with van der Waals surface area (Å²) in [5.74, 6) is -1.02. The Labute approximate surface area is 81.8 Å². The predicted octanol–water partition coefficient (Wildman–Crippen LogP) is 0.971. The minimum Gasteiger partial charge on any atom is -0.347 e. The molecule has 0 aromatic rings. The van der Waals surface area contributed by atoms with Crippen molar-refractivity contribution in [3.63, 3.8) is 0 Å². The highest BCUT2D eigenvalue weighted by Gasteiger charge is 2.57. The van der Waals surface area contributed by atoms with Gasteiger partial charge in [-0.3, -0.25) is 10.1 Å². The first-order valence-electron chi connectivity index (χ1n) is 4.71. The highest BCUT2D eigenvalue weighted by atomic mass is 16.7. The number of methoxy groups -OCH3 is 1. The van der Waals surface area contributed by atoms with E-state index >= 15 is 0 Å². The van der Waals surface area contributed by atoms with Gasteiger partial charge in [0.15, 0.2) is 0 Å². The van der Waals surface area contributed by atoms with Crippen LogP contribution >= 0.6 is 0 Å². The van der Waals surface area contributed by atoms with E-state index in [1.165, 1.54) is 7.11 Å². The van der Waals surface area contributed by atoms with Gasteiger partial charge in [0.25, 0.3) is 6.04 Å². The van der Waals surface area contributed by atoms with Gasteiger partial charge in [0.2, 0.25) is 5.79 Å². The van der Waals surface area contributed by atoms with E-state index < -0.39 is 11.8 Å². The molecule has 0 spiro atoms. The number of nitro groups is 1. The Balaban J connectivity index is 2.29. The van der Waals surface area contributed by atoms with Crippen LogP contribution in [0.15, 0.2) is 12.2 Å². The number of hydrogen-bond acceptors (Lipinski definition) is 4. The van der Waals surface area contributed by atoms with Crippen LogP contribution in [0, 0.1) is 16.0 Å². The maximum absolute atomic E-state index is 10.8. The average molecular weight is 199 g/mol. The van der Waals surface area contributed by atoms with Gasteiger partial charge in [-0.05, 0) is 18.9 Å². The van der Waals surface area contributed by atoms with Crippen molar-refractivity contribution < 1.29 is 14.4 Å². The Kier molecular flexibility index (Phi) is 2.28. The van der Waals surface area contributed by atoms with Gasteiger partial charge in [-0.2, -0.15) is 0 Å². The lowest BCUT2D eigenvalue weighted by molar-refractivity contribution is -0.555. The van der Waals surface area contributed by atoms with Gasteiger partial charge < -0.3 is 9.47 Å². The summed E-state index contributed by atoms with van der Waals surface area (Å²) in [6.45, 7) is 0.538. The Morgan fingerprint density at radius 3 is 3.07 bits per heavy atom. The second-order valence-electron chi connectivity index (χ2n) is 3.64. The van der Waals surface area contributed by atoms with E-state index in [0.29, 0.717) is 6.61 Å². The molecule has 0 aromatic heterocycles. The molecule has 5 heteroatoms. The molecule has 1 aliphatic heterocycles. The van der Waals surface area contributed by atoms with Crippen LogP contribution in [0.25, 0.3) is 0 Å². The van der Waals surface area contributed by atoms with E-state index in [-0.39, 0.29) is 10.8 Å². The second kappa shape index (κ2) is 3.33. The molecule has 1 aliphatic carbocycles. The minimum atomic E-state index is -1.04. The van der Waals surface area contributed by atoms with Crippen molar-refractivity contribution in [1.29, 1.82) is 0 Å². The van der Waals surface area contributed by atoms with Gasteiger partial charge in [0.1, 0.15) is 0 Å². The summed E-state index contributed by atoms with van der Waals surface area (Å²) >= 11 is 0. The van der Waals surface area contributed by atoms with Gasteiger partial charge in [-0.15, -0.1) is 0 Å². The highest BCUT2D eigenvalue weighted by Crippen LogP contribution is 2.41. The van der Waals surface area contributed by atoms with E-state index in [2.05, 4.69) is 0 Å². The van der Waals surface area contributed by atoms with Crippen molar-refractivity contribution in [1.82, 2.24) is 0 Å². The summed E-state index contributed by atoms with van der Waals surface area (Å²) in [6, 6.07) is -0.863. The molecule has 0 aromatic carbocycles. The molecule has 1 fully saturated rings. The van der Waals surface area contributed by atoms with Crippen LogP contribution < -0.4 is 0 Å². The zero-order valence-electron chi connectivity index (χ0n) is 8.01. The Bertz CT molecular complexity index is 278. The molecule has 3 atom stereocenters. The van der Waals surface area contributed by atoms with Gasteiger partial charge in [0, 0.05) is 18.0 Å². The monoisotopic (exact) mass is 199 g/mol.